The lowest BCUT2D eigenvalue weighted by Gasteiger charge is -2.26. The number of halogens is 1. The summed E-state index contributed by atoms with van der Waals surface area (Å²) >= 11 is 3.63. The van der Waals surface area contributed by atoms with E-state index in [1.54, 1.807) is 0 Å². The van der Waals surface area contributed by atoms with E-state index in [9.17, 15) is 5.11 Å². The van der Waals surface area contributed by atoms with E-state index >= 15 is 0 Å². The molecule has 0 amide bonds. The number of hydrogen-bond acceptors (Lipinski definition) is 3. The van der Waals surface area contributed by atoms with Gasteiger partial charge in [-0.05, 0) is 30.4 Å². The van der Waals surface area contributed by atoms with E-state index in [1.807, 2.05) is 6.07 Å². The summed E-state index contributed by atoms with van der Waals surface area (Å²) in [7, 11) is 0. The maximum absolute atomic E-state index is 10.2. The Labute approximate surface area is 122 Å². The zero-order chi connectivity index (χ0) is 13.6. The van der Waals surface area contributed by atoms with Gasteiger partial charge in [-0.3, -0.25) is 0 Å². The lowest BCUT2D eigenvalue weighted by molar-refractivity contribution is 0.148. The Kier molecular flexibility index (Phi) is 3.26. The van der Waals surface area contributed by atoms with Gasteiger partial charge in [0.1, 0.15) is 13.2 Å². The van der Waals surface area contributed by atoms with Crippen LogP contribution >= 0.6 is 15.9 Å². The van der Waals surface area contributed by atoms with Gasteiger partial charge in [-0.2, -0.15) is 0 Å². The molecule has 1 heterocycles. The molecule has 0 bridgehead atoms. The molecule has 1 N–H and O–H groups in total. The molecular formula is C15H19BrO3. The molecule has 3 nitrogen and oxygen atoms in total. The Balaban J connectivity index is 2.10. The molecular weight excluding hydrogens is 308 g/mol. The van der Waals surface area contributed by atoms with Gasteiger partial charge in [0.05, 0.1) is 5.60 Å². The first-order chi connectivity index (χ1) is 9.00. The van der Waals surface area contributed by atoms with E-state index in [0.29, 0.717) is 25.6 Å². The summed E-state index contributed by atoms with van der Waals surface area (Å²) in [5.41, 5.74) is 1.83. The van der Waals surface area contributed by atoms with Gasteiger partial charge in [-0.1, -0.05) is 29.8 Å². The molecule has 1 aliphatic carbocycles. The number of hydrogen-bond donors (Lipinski definition) is 1. The van der Waals surface area contributed by atoms with E-state index in [0.717, 1.165) is 28.8 Å². The van der Waals surface area contributed by atoms with Crippen molar-refractivity contribution in [3.8, 4) is 11.5 Å². The smallest absolute Gasteiger partial charge is 0.165 e. The average Bonchev–Trinajstić information content (AvgIpc) is 3.07. The van der Waals surface area contributed by atoms with Crippen molar-refractivity contribution in [1.29, 1.82) is 0 Å². The molecule has 0 atom stereocenters. The SMILES string of the molecule is CC(C)c1c(CC2(O)CC2)c(Br)cc2c1OCCO2. The molecule has 1 aromatic rings. The monoisotopic (exact) mass is 326 g/mol. The van der Waals surface area contributed by atoms with E-state index < -0.39 is 5.60 Å². The van der Waals surface area contributed by atoms with Crippen LogP contribution in [0.5, 0.6) is 11.5 Å². The first kappa shape index (κ1) is 13.3. The maximum atomic E-state index is 10.2. The van der Waals surface area contributed by atoms with Crippen LogP contribution in [-0.2, 0) is 6.42 Å². The van der Waals surface area contributed by atoms with Crippen molar-refractivity contribution in [2.75, 3.05) is 13.2 Å². The second kappa shape index (κ2) is 4.67. The van der Waals surface area contributed by atoms with Crippen molar-refractivity contribution < 1.29 is 14.6 Å². The number of benzene rings is 1. The molecule has 1 saturated carbocycles. The van der Waals surface area contributed by atoms with Gasteiger partial charge < -0.3 is 14.6 Å². The highest BCUT2D eigenvalue weighted by molar-refractivity contribution is 9.10. The Hall–Kier alpha value is -0.740. The lowest BCUT2D eigenvalue weighted by Crippen LogP contribution is -2.20. The van der Waals surface area contributed by atoms with E-state index in [2.05, 4.69) is 29.8 Å². The Morgan fingerprint density at radius 3 is 2.63 bits per heavy atom. The maximum Gasteiger partial charge on any atom is 0.165 e. The number of ether oxygens (including phenoxy) is 2. The minimum Gasteiger partial charge on any atom is -0.486 e. The molecule has 3 rings (SSSR count). The molecule has 1 aliphatic heterocycles. The Morgan fingerprint density at radius 1 is 1.32 bits per heavy atom. The average molecular weight is 327 g/mol. The van der Waals surface area contributed by atoms with Crippen LogP contribution in [0.25, 0.3) is 0 Å². The van der Waals surface area contributed by atoms with Crippen molar-refractivity contribution in [3.63, 3.8) is 0 Å². The summed E-state index contributed by atoms with van der Waals surface area (Å²) in [6, 6.07) is 1.97. The largest absolute Gasteiger partial charge is 0.486 e. The van der Waals surface area contributed by atoms with Crippen LogP contribution in [0.3, 0.4) is 0 Å². The third-order valence-electron chi connectivity index (χ3n) is 3.84. The van der Waals surface area contributed by atoms with E-state index in [-0.39, 0.29) is 0 Å². The summed E-state index contributed by atoms with van der Waals surface area (Å²) in [4.78, 5) is 0. The van der Waals surface area contributed by atoms with Crippen molar-refractivity contribution in [2.24, 2.45) is 0 Å². The van der Waals surface area contributed by atoms with Crippen LogP contribution in [0, 0.1) is 0 Å². The molecule has 19 heavy (non-hydrogen) atoms. The molecule has 0 radical (unpaired) electrons. The predicted molar refractivity (Wildman–Crippen MR) is 77.1 cm³/mol. The van der Waals surface area contributed by atoms with Crippen LogP contribution in [-0.4, -0.2) is 23.9 Å². The second-order valence-corrected chi connectivity index (χ2v) is 6.68. The number of fused-ring (bicyclic) bond motifs is 1. The quantitative estimate of drug-likeness (QED) is 0.925. The topological polar surface area (TPSA) is 38.7 Å². The summed E-state index contributed by atoms with van der Waals surface area (Å²) in [5, 5.41) is 10.2. The summed E-state index contributed by atoms with van der Waals surface area (Å²) in [6.45, 7) is 5.50. The van der Waals surface area contributed by atoms with Crippen LogP contribution < -0.4 is 9.47 Å². The van der Waals surface area contributed by atoms with E-state index in [1.165, 1.54) is 11.1 Å². The van der Waals surface area contributed by atoms with Gasteiger partial charge in [0.2, 0.25) is 0 Å². The first-order valence-corrected chi connectivity index (χ1v) is 7.63. The van der Waals surface area contributed by atoms with Gasteiger partial charge in [-0.15, -0.1) is 0 Å². The third-order valence-corrected chi connectivity index (χ3v) is 4.54. The van der Waals surface area contributed by atoms with Gasteiger partial charge in [-0.25, -0.2) is 0 Å². The fraction of sp³-hybridized carbons (Fsp3) is 0.600. The van der Waals surface area contributed by atoms with E-state index in [4.69, 9.17) is 9.47 Å². The van der Waals surface area contributed by atoms with Gasteiger partial charge in [0.25, 0.3) is 0 Å². The zero-order valence-electron chi connectivity index (χ0n) is 11.3. The Morgan fingerprint density at radius 2 is 2.00 bits per heavy atom. The van der Waals surface area contributed by atoms with Crippen LogP contribution in [0.1, 0.15) is 43.7 Å². The fourth-order valence-electron chi connectivity index (χ4n) is 2.66. The van der Waals surface area contributed by atoms with Crippen LogP contribution in [0.15, 0.2) is 10.5 Å². The van der Waals surface area contributed by atoms with Gasteiger partial charge >= 0.3 is 0 Å². The highest BCUT2D eigenvalue weighted by Gasteiger charge is 2.42. The molecule has 0 unspecified atom stereocenters. The zero-order valence-corrected chi connectivity index (χ0v) is 12.9. The fourth-order valence-corrected chi connectivity index (χ4v) is 3.22. The molecule has 1 aromatic carbocycles. The number of rotatable bonds is 3. The van der Waals surface area contributed by atoms with Gasteiger partial charge in [0.15, 0.2) is 11.5 Å². The summed E-state index contributed by atoms with van der Waals surface area (Å²) in [6.07, 6.45) is 2.48. The molecule has 104 valence electrons. The van der Waals surface area contributed by atoms with Gasteiger partial charge in [0, 0.05) is 16.5 Å². The highest BCUT2D eigenvalue weighted by Crippen LogP contribution is 2.47. The van der Waals surface area contributed by atoms with Crippen molar-refractivity contribution in [3.05, 3.63) is 21.7 Å². The molecule has 4 heteroatoms. The minimum atomic E-state index is -0.504. The molecule has 2 aliphatic rings. The van der Waals surface area contributed by atoms with Crippen molar-refractivity contribution in [1.82, 2.24) is 0 Å². The Bertz CT molecular complexity index is 507. The molecule has 1 fully saturated rings. The minimum absolute atomic E-state index is 0.338. The van der Waals surface area contributed by atoms with Crippen molar-refractivity contribution in [2.45, 2.75) is 44.6 Å². The molecule has 0 aromatic heterocycles. The normalized spacial score (nSPS) is 19.6. The van der Waals surface area contributed by atoms with Crippen LogP contribution in [0.4, 0.5) is 0 Å². The second-order valence-electron chi connectivity index (χ2n) is 5.83. The molecule has 0 saturated heterocycles. The predicted octanol–water partition coefficient (Wildman–Crippen LogP) is 3.41. The lowest BCUT2D eigenvalue weighted by atomic mass is 9.91. The third kappa shape index (κ3) is 2.48. The summed E-state index contributed by atoms with van der Waals surface area (Å²) < 4.78 is 12.5. The van der Waals surface area contributed by atoms with Crippen molar-refractivity contribution >= 4 is 15.9 Å². The molecule has 0 spiro atoms. The number of aliphatic hydroxyl groups is 1. The standard InChI is InChI=1S/C15H19BrO3/c1-9(2)13-10(8-15(17)3-4-15)11(16)7-12-14(13)19-6-5-18-12/h7,9,17H,3-6,8H2,1-2H3. The first-order valence-electron chi connectivity index (χ1n) is 6.83. The van der Waals surface area contributed by atoms with Crippen LogP contribution in [0.2, 0.25) is 0 Å². The summed E-state index contributed by atoms with van der Waals surface area (Å²) in [5.74, 6) is 2.02. The highest BCUT2D eigenvalue weighted by atomic mass is 79.9.